The van der Waals surface area contributed by atoms with Gasteiger partial charge in [-0.1, -0.05) is 15.9 Å². The molecule has 2 bridgehead atoms. The van der Waals surface area contributed by atoms with E-state index in [0.29, 0.717) is 6.61 Å². The van der Waals surface area contributed by atoms with E-state index in [1.165, 1.54) is 16.7 Å². The Hall–Kier alpha value is -1.11. The van der Waals surface area contributed by atoms with Crippen LogP contribution in [0, 0.1) is 0 Å². The zero-order valence-electron chi connectivity index (χ0n) is 16.5. The summed E-state index contributed by atoms with van der Waals surface area (Å²) in [6.07, 6.45) is 2.97. The van der Waals surface area contributed by atoms with Crippen LogP contribution in [0.2, 0.25) is 0 Å². The van der Waals surface area contributed by atoms with Gasteiger partial charge in [-0.25, -0.2) is 4.79 Å². The highest BCUT2D eigenvalue weighted by atomic mass is 79.9. The molecule has 3 aliphatic rings. The number of benzene rings is 1. The Labute approximate surface area is 170 Å². The van der Waals surface area contributed by atoms with Crippen molar-refractivity contribution in [2.45, 2.75) is 70.9 Å². The van der Waals surface area contributed by atoms with Gasteiger partial charge in [-0.3, -0.25) is 9.80 Å². The third kappa shape index (κ3) is 4.17. The van der Waals surface area contributed by atoms with Crippen molar-refractivity contribution in [1.82, 2.24) is 9.80 Å². The Morgan fingerprint density at radius 1 is 1.26 bits per heavy atom. The molecule has 2 atom stereocenters. The predicted octanol–water partition coefficient (Wildman–Crippen LogP) is 4.11. The van der Waals surface area contributed by atoms with Crippen molar-refractivity contribution in [2.24, 2.45) is 0 Å². The van der Waals surface area contributed by atoms with E-state index in [9.17, 15) is 4.79 Å². The molecule has 2 fully saturated rings. The molecule has 0 N–H and O–H groups in total. The molecule has 2 saturated heterocycles. The zero-order chi connectivity index (χ0) is 19.2. The fourth-order valence-electron chi connectivity index (χ4n) is 4.63. The van der Waals surface area contributed by atoms with Gasteiger partial charge in [-0.05, 0) is 68.9 Å². The van der Waals surface area contributed by atoms with E-state index in [1.807, 2.05) is 25.7 Å². The van der Waals surface area contributed by atoms with Crippen LogP contribution < -0.4 is 0 Å². The summed E-state index contributed by atoms with van der Waals surface area (Å²) in [6, 6.07) is 4.98. The first-order chi connectivity index (χ1) is 12.8. The van der Waals surface area contributed by atoms with Crippen LogP contribution >= 0.6 is 15.9 Å². The highest BCUT2D eigenvalue weighted by Crippen LogP contribution is 2.34. The number of amides is 1. The maximum Gasteiger partial charge on any atom is 0.410 e. The molecule has 2 unspecified atom stereocenters. The molecular formula is C21H29BrN2O3. The molecule has 0 aliphatic carbocycles. The Bertz CT molecular complexity index is 717. The van der Waals surface area contributed by atoms with Crippen LogP contribution in [0.1, 0.15) is 50.3 Å². The Kier molecular flexibility index (Phi) is 5.25. The average Bonchev–Trinajstić information content (AvgIpc) is 2.85. The molecule has 27 heavy (non-hydrogen) atoms. The van der Waals surface area contributed by atoms with Crippen molar-refractivity contribution in [3.05, 3.63) is 33.3 Å². The highest BCUT2D eigenvalue weighted by Gasteiger charge is 2.44. The van der Waals surface area contributed by atoms with Crippen LogP contribution in [-0.2, 0) is 29.0 Å². The second-order valence-electron chi connectivity index (χ2n) is 8.97. The molecule has 0 saturated carbocycles. The molecule has 148 valence electrons. The number of hydrogen-bond donors (Lipinski definition) is 0. The monoisotopic (exact) mass is 436 g/mol. The molecule has 1 amide bonds. The van der Waals surface area contributed by atoms with Crippen LogP contribution in [0.3, 0.4) is 0 Å². The fourth-order valence-corrected chi connectivity index (χ4v) is 5.19. The minimum atomic E-state index is -0.441. The van der Waals surface area contributed by atoms with Crippen molar-refractivity contribution >= 4 is 22.0 Å². The van der Waals surface area contributed by atoms with Gasteiger partial charge in [0.15, 0.2) is 0 Å². The molecule has 3 heterocycles. The topological polar surface area (TPSA) is 42.0 Å². The summed E-state index contributed by atoms with van der Waals surface area (Å²) in [4.78, 5) is 17.1. The van der Waals surface area contributed by atoms with E-state index < -0.39 is 5.60 Å². The number of ether oxygens (including phenoxy) is 2. The molecule has 4 rings (SSSR count). The maximum absolute atomic E-state index is 12.6. The van der Waals surface area contributed by atoms with Gasteiger partial charge in [-0.15, -0.1) is 0 Å². The van der Waals surface area contributed by atoms with Crippen LogP contribution in [0.5, 0.6) is 0 Å². The van der Waals surface area contributed by atoms with Gasteiger partial charge < -0.3 is 9.47 Å². The minimum Gasteiger partial charge on any atom is -0.444 e. The molecule has 0 radical (unpaired) electrons. The number of likely N-dealkylation sites (tertiary alicyclic amines) is 1. The zero-order valence-corrected chi connectivity index (χ0v) is 18.0. The molecule has 3 aliphatic heterocycles. The number of piperazine rings is 1. The number of fused-ring (bicyclic) bond motifs is 3. The van der Waals surface area contributed by atoms with Crippen molar-refractivity contribution in [1.29, 1.82) is 0 Å². The van der Waals surface area contributed by atoms with E-state index in [1.54, 1.807) is 0 Å². The average molecular weight is 437 g/mol. The van der Waals surface area contributed by atoms with Gasteiger partial charge in [0.05, 0.1) is 13.2 Å². The molecule has 0 spiro atoms. The first-order valence-electron chi connectivity index (χ1n) is 9.92. The van der Waals surface area contributed by atoms with Crippen LogP contribution in [0.4, 0.5) is 4.79 Å². The summed E-state index contributed by atoms with van der Waals surface area (Å²) in [5, 5.41) is 0. The third-order valence-corrected chi connectivity index (χ3v) is 6.18. The number of halogens is 1. The third-order valence-electron chi connectivity index (χ3n) is 5.72. The lowest BCUT2D eigenvalue weighted by Crippen LogP contribution is -2.56. The normalized spacial score (nSPS) is 25.4. The lowest BCUT2D eigenvalue weighted by Gasteiger charge is -2.41. The van der Waals surface area contributed by atoms with Crippen molar-refractivity contribution in [2.75, 3.05) is 19.7 Å². The molecule has 1 aromatic carbocycles. The molecular weight excluding hydrogens is 408 g/mol. The van der Waals surface area contributed by atoms with Crippen molar-refractivity contribution < 1.29 is 14.3 Å². The van der Waals surface area contributed by atoms with Crippen molar-refractivity contribution in [3.63, 3.8) is 0 Å². The molecule has 6 heteroatoms. The van der Waals surface area contributed by atoms with Crippen LogP contribution in [0.15, 0.2) is 16.6 Å². The van der Waals surface area contributed by atoms with E-state index in [-0.39, 0.29) is 18.2 Å². The number of nitrogens with zero attached hydrogens (tertiary/aromatic N) is 2. The fraction of sp³-hybridized carbons (Fsp3) is 0.667. The number of hydrogen-bond acceptors (Lipinski definition) is 4. The van der Waals surface area contributed by atoms with Crippen LogP contribution in [0.25, 0.3) is 0 Å². The Morgan fingerprint density at radius 3 is 2.63 bits per heavy atom. The Balaban J connectivity index is 1.47. The number of carbonyl (C=O) groups excluding carboxylic acids is 1. The summed E-state index contributed by atoms with van der Waals surface area (Å²) in [5.41, 5.74) is 3.67. The van der Waals surface area contributed by atoms with Gasteiger partial charge in [0.1, 0.15) is 5.60 Å². The molecule has 1 aromatic rings. The summed E-state index contributed by atoms with van der Waals surface area (Å²) >= 11 is 3.67. The van der Waals surface area contributed by atoms with Gasteiger partial charge in [0.25, 0.3) is 0 Å². The first-order valence-corrected chi connectivity index (χ1v) is 10.7. The van der Waals surface area contributed by atoms with Crippen molar-refractivity contribution in [3.8, 4) is 0 Å². The lowest BCUT2D eigenvalue weighted by atomic mass is 9.97. The first kappa shape index (κ1) is 19.2. The van der Waals surface area contributed by atoms with E-state index in [4.69, 9.17) is 9.47 Å². The molecule has 0 aromatic heterocycles. The summed E-state index contributed by atoms with van der Waals surface area (Å²) in [6.45, 7) is 10.1. The lowest BCUT2D eigenvalue weighted by molar-refractivity contribution is -0.00554. The van der Waals surface area contributed by atoms with E-state index >= 15 is 0 Å². The summed E-state index contributed by atoms with van der Waals surface area (Å²) < 4.78 is 12.5. The maximum atomic E-state index is 12.6. The number of rotatable bonds is 2. The SMILES string of the molecule is CC(C)(C)OC(=O)N1C2CCC1CN(Cc1cc(Br)cc3c1COCC3)C2. The predicted molar refractivity (Wildman–Crippen MR) is 108 cm³/mol. The molecule has 5 nitrogen and oxygen atoms in total. The van der Waals surface area contributed by atoms with Crippen LogP contribution in [-0.4, -0.2) is 53.3 Å². The quantitative estimate of drug-likeness (QED) is 0.699. The van der Waals surface area contributed by atoms with Gasteiger partial charge in [0, 0.05) is 36.2 Å². The standard InChI is InChI=1S/C21H29BrN2O3/c1-21(2,3)27-20(25)24-17-4-5-18(24)12-23(11-17)10-15-9-16(22)8-14-6-7-26-13-19(14)15/h8-9,17-18H,4-7,10-13H2,1-3H3. The van der Waals surface area contributed by atoms with E-state index in [0.717, 1.165) is 50.0 Å². The largest absolute Gasteiger partial charge is 0.444 e. The Morgan fingerprint density at radius 2 is 1.96 bits per heavy atom. The van der Waals surface area contributed by atoms with E-state index in [2.05, 4.69) is 33.0 Å². The summed E-state index contributed by atoms with van der Waals surface area (Å²) in [5.74, 6) is 0. The summed E-state index contributed by atoms with van der Waals surface area (Å²) in [7, 11) is 0. The van der Waals surface area contributed by atoms with Gasteiger partial charge >= 0.3 is 6.09 Å². The van der Waals surface area contributed by atoms with Gasteiger partial charge in [0.2, 0.25) is 0 Å². The second kappa shape index (κ2) is 7.37. The minimum absolute atomic E-state index is 0.150. The second-order valence-corrected chi connectivity index (χ2v) is 9.89. The van der Waals surface area contributed by atoms with Gasteiger partial charge in [-0.2, -0.15) is 0 Å². The number of carbonyl (C=O) groups is 1. The highest BCUT2D eigenvalue weighted by molar-refractivity contribution is 9.10. The smallest absolute Gasteiger partial charge is 0.410 e.